The van der Waals surface area contributed by atoms with E-state index in [1.165, 1.54) is 12.3 Å². The third-order valence-electron chi connectivity index (χ3n) is 3.28. The fraction of sp³-hybridized carbons (Fsp3) is 0.538. The Balaban J connectivity index is 2.22. The third-order valence-corrected chi connectivity index (χ3v) is 3.28. The van der Waals surface area contributed by atoms with Gasteiger partial charge in [-0.15, -0.1) is 0 Å². The Morgan fingerprint density at radius 2 is 2.32 bits per heavy atom. The standard InChI is InChI=1S/C13H19N3O3/c1-15(2)7-9-6-10(17)8-16(9)13(19)11-4-3-5-14-12(11)18/h3-5,9-10,17H,6-8H2,1-2H3,(H,14,18). The molecule has 1 aliphatic rings. The summed E-state index contributed by atoms with van der Waals surface area (Å²) in [7, 11) is 3.84. The van der Waals surface area contributed by atoms with Crippen molar-refractivity contribution >= 4 is 5.91 Å². The summed E-state index contributed by atoms with van der Waals surface area (Å²) in [6.07, 6.45) is 1.53. The number of nitrogens with zero attached hydrogens (tertiary/aromatic N) is 2. The maximum atomic E-state index is 12.4. The van der Waals surface area contributed by atoms with E-state index in [0.717, 1.165) is 0 Å². The summed E-state index contributed by atoms with van der Waals surface area (Å²) in [4.78, 5) is 30.1. The van der Waals surface area contributed by atoms with E-state index in [1.807, 2.05) is 19.0 Å². The predicted molar refractivity (Wildman–Crippen MR) is 71.1 cm³/mol. The molecule has 0 saturated carbocycles. The first-order chi connectivity index (χ1) is 8.99. The highest BCUT2D eigenvalue weighted by atomic mass is 16.3. The van der Waals surface area contributed by atoms with Crippen molar-refractivity contribution in [3.8, 4) is 0 Å². The molecule has 6 heteroatoms. The van der Waals surface area contributed by atoms with Crippen LogP contribution >= 0.6 is 0 Å². The molecule has 1 fully saturated rings. The van der Waals surface area contributed by atoms with Crippen LogP contribution in [0.15, 0.2) is 23.1 Å². The molecule has 6 nitrogen and oxygen atoms in total. The van der Waals surface area contributed by atoms with Crippen LogP contribution in [0.5, 0.6) is 0 Å². The monoisotopic (exact) mass is 265 g/mol. The lowest BCUT2D eigenvalue weighted by molar-refractivity contribution is 0.0697. The predicted octanol–water partition coefficient (Wildman–Crippen LogP) is -0.488. The fourth-order valence-corrected chi connectivity index (χ4v) is 2.48. The number of β-amino-alcohol motifs (C(OH)–C–C–N with tert-alkyl or cyclic N) is 1. The van der Waals surface area contributed by atoms with Gasteiger partial charge in [-0.25, -0.2) is 0 Å². The van der Waals surface area contributed by atoms with Gasteiger partial charge >= 0.3 is 0 Å². The summed E-state index contributed by atoms with van der Waals surface area (Å²) < 4.78 is 0. The second kappa shape index (κ2) is 5.54. The lowest BCUT2D eigenvalue weighted by Gasteiger charge is -2.26. The maximum Gasteiger partial charge on any atom is 0.260 e. The van der Waals surface area contributed by atoms with Gasteiger partial charge in [-0.1, -0.05) is 0 Å². The van der Waals surface area contributed by atoms with Gasteiger partial charge in [-0.2, -0.15) is 0 Å². The molecule has 19 heavy (non-hydrogen) atoms. The van der Waals surface area contributed by atoms with E-state index in [4.69, 9.17) is 0 Å². The molecule has 0 bridgehead atoms. The van der Waals surface area contributed by atoms with Crippen LogP contribution in [0.1, 0.15) is 16.8 Å². The molecule has 0 aliphatic carbocycles. The van der Waals surface area contributed by atoms with E-state index in [-0.39, 0.29) is 24.1 Å². The molecule has 0 aromatic carbocycles. The number of likely N-dealkylation sites (tertiary alicyclic amines) is 1. The van der Waals surface area contributed by atoms with Crippen molar-refractivity contribution in [2.75, 3.05) is 27.2 Å². The SMILES string of the molecule is CN(C)CC1CC(O)CN1C(=O)c1ccc[nH]c1=O. The number of aromatic nitrogens is 1. The summed E-state index contributed by atoms with van der Waals surface area (Å²) >= 11 is 0. The number of carbonyl (C=O) groups is 1. The van der Waals surface area contributed by atoms with Crippen LogP contribution in [-0.2, 0) is 0 Å². The van der Waals surface area contributed by atoms with Gasteiger partial charge in [0.2, 0.25) is 0 Å². The number of aliphatic hydroxyl groups is 1. The van der Waals surface area contributed by atoms with Crippen LogP contribution in [0.25, 0.3) is 0 Å². The van der Waals surface area contributed by atoms with Gasteiger partial charge < -0.3 is 19.9 Å². The number of hydrogen-bond acceptors (Lipinski definition) is 4. The molecule has 2 rings (SSSR count). The Morgan fingerprint density at radius 3 is 2.95 bits per heavy atom. The van der Waals surface area contributed by atoms with Crippen molar-refractivity contribution in [1.29, 1.82) is 0 Å². The normalized spacial score (nSPS) is 23.1. The molecule has 1 saturated heterocycles. The minimum Gasteiger partial charge on any atom is -0.391 e. The lowest BCUT2D eigenvalue weighted by Crippen LogP contribution is -2.43. The average molecular weight is 265 g/mol. The van der Waals surface area contributed by atoms with Gasteiger partial charge in [0, 0.05) is 25.3 Å². The second-order valence-corrected chi connectivity index (χ2v) is 5.18. The smallest absolute Gasteiger partial charge is 0.260 e. The molecule has 2 heterocycles. The Labute approximate surface area is 111 Å². The number of H-pyrrole nitrogens is 1. The lowest BCUT2D eigenvalue weighted by atomic mass is 10.1. The van der Waals surface area contributed by atoms with Crippen LogP contribution in [0.3, 0.4) is 0 Å². The molecule has 104 valence electrons. The molecule has 1 aromatic rings. The summed E-state index contributed by atoms with van der Waals surface area (Å²) in [5.74, 6) is -0.315. The van der Waals surface area contributed by atoms with Crippen molar-refractivity contribution in [3.63, 3.8) is 0 Å². The Morgan fingerprint density at radius 1 is 1.58 bits per heavy atom. The quantitative estimate of drug-likeness (QED) is 0.773. The van der Waals surface area contributed by atoms with Crippen LogP contribution in [0.2, 0.25) is 0 Å². The summed E-state index contributed by atoms with van der Waals surface area (Å²) in [5, 5.41) is 9.75. The van der Waals surface area contributed by atoms with Crippen molar-refractivity contribution in [3.05, 3.63) is 34.2 Å². The number of nitrogens with one attached hydrogen (secondary N) is 1. The Hall–Kier alpha value is -1.66. The first-order valence-electron chi connectivity index (χ1n) is 6.30. The molecule has 2 N–H and O–H groups in total. The molecule has 2 unspecified atom stereocenters. The van der Waals surface area contributed by atoms with Gasteiger partial charge in [0.1, 0.15) is 5.56 Å². The van der Waals surface area contributed by atoms with Gasteiger partial charge in [0.15, 0.2) is 0 Å². The molecule has 1 amide bonds. The highest BCUT2D eigenvalue weighted by Gasteiger charge is 2.35. The van der Waals surface area contributed by atoms with E-state index in [9.17, 15) is 14.7 Å². The third kappa shape index (κ3) is 3.02. The minimum atomic E-state index is -0.517. The number of hydrogen-bond donors (Lipinski definition) is 2. The van der Waals surface area contributed by atoms with Gasteiger partial charge in [-0.3, -0.25) is 9.59 Å². The molecule has 1 aromatic heterocycles. The number of amides is 1. The summed E-state index contributed by atoms with van der Waals surface area (Å²) in [6, 6.07) is 3.08. The number of carbonyl (C=O) groups excluding carboxylic acids is 1. The van der Waals surface area contributed by atoms with E-state index in [2.05, 4.69) is 4.98 Å². The van der Waals surface area contributed by atoms with Crippen LogP contribution in [-0.4, -0.2) is 65.1 Å². The van der Waals surface area contributed by atoms with Crippen LogP contribution < -0.4 is 5.56 Å². The topological polar surface area (TPSA) is 76.6 Å². The van der Waals surface area contributed by atoms with Crippen molar-refractivity contribution in [2.24, 2.45) is 0 Å². The summed E-state index contributed by atoms with van der Waals surface area (Å²) in [5.41, 5.74) is -0.266. The molecule has 0 spiro atoms. The highest BCUT2D eigenvalue weighted by molar-refractivity contribution is 5.94. The first-order valence-corrected chi connectivity index (χ1v) is 6.30. The minimum absolute atomic E-state index is 0.0582. The number of likely N-dealkylation sites (N-methyl/N-ethyl adjacent to an activating group) is 1. The van der Waals surface area contributed by atoms with Gasteiger partial charge in [0.25, 0.3) is 11.5 Å². The molecule has 1 aliphatic heterocycles. The van der Waals surface area contributed by atoms with Crippen molar-refractivity contribution in [1.82, 2.24) is 14.8 Å². The van der Waals surface area contributed by atoms with Crippen molar-refractivity contribution < 1.29 is 9.90 Å². The Bertz CT molecular complexity index is 512. The fourth-order valence-electron chi connectivity index (χ4n) is 2.48. The van der Waals surface area contributed by atoms with Crippen LogP contribution in [0.4, 0.5) is 0 Å². The van der Waals surface area contributed by atoms with E-state index in [1.54, 1.807) is 11.0 Å². The van der Waals surface area contributed by atoms with Gasteiger partial charge in [-0.05, 0) is 32.6 Å². The molecular formula is C13H19N3O3. The zero-order valence-electron chi connectivity index (χ0n) is 11.2. The summed E-state index contributed by atoms with van der Waals surface area (Å²) in [6.45, 7) is 0.958. The van der Waals surface area contributed by atoms with E-state index < -0.39 is 11.7 Å². The number of rotatable bonds is 3. The second-order valence-electron chi connectivity index (χ2n) is 5.18. The average Bonchev–Trinajstić information content (AvgIpc) is 2.69. The highest BCUT2D eigenvalue weighted by Crippen LogP contribution is 2.20. The molecule has 0 radical (unpaired) electrons. The molecular weight excluding hydrogens is 246 g/mol. The number of aliphatic hydroxyl groups excluding tert-OH is 1. The van der Waals surface area contributed by atoms with Crippen molar-refractivity contribution in [2.45, 2.75) is 18.6 Å². The largest absolute Gasteiger partial charge is 0.391 e. The van der Waals surface area contributed by atoms with Gasteiger partial charge in [0.05, 0.1) is 6.10 Å². The first kappa shape index (κ1) is 13.8. The zero-order valence-corrected chi connectivity index (χ0v) is 11.2. The van der Waals surface area contributed by atoms with Crippen LogP contribution in [0, 0.1) is 0 Å². The number of aromatic amines is 1. The maximum absolute atomic E-state index is 12.4. The zero-order chi connectivity index (χ0) is 14.0. The Kier molecular flexibility index (Phi) is 4.01. The van der Waals surface area contributed by atoms with E-state index in [0.29, 0.717) is 13.0 Å². The molecule has 2 atom stereocenters. The van der Waals surface area contributed by atoms with E-state index >= 15 is 0 Å². The number of pyridine rings is 1.